The van der Waals surface area contributed by atoms with Crippen LogP contribution in [0.15, 0.2) is 12.1 Å². The van der Waals surface area contributed by atoms with Crippen molar-refractivity contribution in [2.75, 3.05) is 0 Å². The van der Waals surface area contributed by atoms with Crippen LogP contribution in [0.1, 0.15) is 46.7 Å². The second-order valence-corrected chi connectivity index (χ2v) is 5.45. The number of carboxylic acid groups (broad SMARTS) is 1. The average molecular weight is 224 g/mol. The highest BCUT2D eigenvalue weighted by Gasteiger charge is 2.15. The van der Waals surface area contributed by atoms with Crippen molar-refractivity contribution in [1.82, 2.24) is 0 Å². The summed E-state index contributed by atoms with van der Waals surface area (Å²) in [5, 5.41) is 8.81. The molecule has 0 unspecified atom stereocenters. The van der Waals surface area contributed by atoms with Gasteiger partial charge in [0.25, 0.3) is 0 Å². The fraction of sp³-hybridized carbons (Fsp3) is 0.583. The molecule has 2 nitrogen and oxygen atoms in total. The summed E-state index contributed by atoms with van der Waals surface area (Å²) in [7, 11) is 0. The van der Waals surface area contributed by atoms with E-state index < -0.39 is 5.97 Å². The van der Waals surface area contributed by atoms with Gasteiger partial charge in [-0.2, -0.15) is 0 Å². The van der Waals surface area contributed by atoms with Gasteiger partial charge in [0, 0.05) is 4.88 Å². The molecule has 0 radical (unpaired) electrons. The van der Waals surface area contributed by atoms with Gasteiger partial charge in [0.1, 0.15) is 4.88 Å². The first-order valence-electron chi connectivity index (χ1n) is 5.57. The third-order valence-electron chi connectivity index (χ3n) is 3.09. The molecule has 82 valence electrons. The highest BCUT2D eigenvalue weighted by atomic mass is 32.1. The predicted molar refractivity (Wildman–Crippen MR) is 61.6 cm³/mol. The van der Waals surface area contributed by atoms with Gasteiger partial charge in [0.2, 0.25) is 0 Å². The molecule has 1 aliphatic carbocycles. The van der Waals surface area contributed by atoms with Gasteiger partial charge < -0.3 is 5.11 Å². The number of hydrogen-bond donors (Lipinski definition) is 1. The molecule has 1 aliphatic rings. The smallest absolute Gasteiger partial charge is 0.345 e. The fourth-order valence-electron chi connectivity index (χ4n) is 2.28. The van der Waals surface area contributed by atoms with Crippen LogP contribution in [0.2, 0.25) is 0 Å². The van der Waals surface area contributed by atoms with Crippen LogP contribution in [0.25, 0.3) is 0 Å². The molecule has 1 fully saturated rings. The zero-order valence-corrected chi connectivity index (χ0v) is 9.55. The van der Waals surface area contributed by atoms with E-state index in [1.807, 2.05) is 6.07 Å². The summed E-state index contributed by atoms with van der Waals surface area (Å²) in [6.45, 7) is 0. The number of hydrogen-bond acceptors (Lipinski definition) is 2. The van der Waals surface area contributed by atoms with Gasteiger partial charge in [-0.25, -0.2) is 4.79 Å². The van der Waals surface area contributed by atoms with Crippen LogP contribution in [0.3, 0.4) is 0 Å². The van der Waals surface area contributed by atoms with Crippen molar-refractivity contribution in [2.24, 2.45) is 5.92 Å². The van der Waals surface area contributed by atoms with E-state index in [1.165, 1.54) is 48.3 Å². The van der Waals surface area contributed by atoms with Crippen LogP contribution in [0, 0.1) is 5.92 Å². The Bertz CT molecular complexity index is 337. The van der Waals surface area contributed by atoms with Gasteiger partial charge in [0.15, 0.2) is 0 Å². The average Bonchev–Trinajstić information content (AvgIpc) is 2.68. The second kappa shape index (κ2) is 4.79. The number of rotatable bonds is 3. The molecule has 0 aromatic carbocycles. The topological polar surface area (TPSA) is 37.3 Å². The van der Waals surface area contributed by atoms with Crippen molar-refractivity contribution in [3.63, 3.8) is 0 Å². The maximum absolute atomic E-state index is 10.7. The summed E-state index contributed by atoms with van der Waals surface area (Å²) in [6, 6.07) is 3.70. The lowest BCUT2D eigenvalue weighted by atomic mass is 9.87. The Balaban J connectivity index is 1.94. The van der Waals surface area contributed by atoms with E-state index in [9.17, 15) is 4.79 Å². The summed E-state index contributed by atoms with van der Waals surface area (Å²) in [4.78, 5) is 12.4. The monoisotopic (exact) mass is 224 g/mol. The minimum absolute atomic E-state index is 0.473. The largest absolute Gasteiger partial charge is 0.477 e. The summed E-state index contributed by atoms with van der Waals surface area (Å²) >= 11 is 1.44. The summed E-state index contributed by atoms with van der Waals surface area (Å²) in [5.41, 5.74) is 0. The maximum atomic E-state index is 10.7. The maximum Gasteiger partial charge on any atom is 0.345 e. The van der Waals surface area contributed by atoms with E-state index >= 15 is 0 Å². The molecule has 3 heteroatoms. The molecule has 2 rings (SSSR count). The van der Waals surface area contributed by atoms with Gasteiger partial charge in [-0.05, 0) is 24.5 Å². The lowest BCUT2D eigenvalue weighted by Crippen LogP contribution is -2.08. The number of thiophene rings is 1. The Morgan fingerprint density at radius 3 is 2.67 bits per heavy atom. The molecule has 0 aliphatic heterocycles. The van der Waals surface area contributed by atoms with Crippen LogP contribution in [0.5, 0.6) is 0 Å². The van der Waals surface area contributed by atoms with Crippen LogP contribution >= 0.6 is 11.3 Å². The standard InChI is InChI=1S/C12H16O2S/c13-12(14)11-7-6-10(15-11)8-9-4-2-1-3-5-9/h6-7,9H,1-5,8H2,(H,13,14). The Kier molecular flexibility index (Phi) is 3.41. The lowest BCUT2D eigenvalue weighted by molar-refractivity contribution is 0.0702. The first-order chi connectivity index (χ1) is 7.25. The SMILES string of the molecule is O=C(O)c1ccc(CC2CCCCC2)s1. The van der Waals surface area contributed by atoms with E-state index in [0.717, 1.165) is 12.3 Å². The van der Waals surface area contributed by atoms with E-state index in [0.29, 0.717) is 4.88 Å². The Labute approximate surface area is 93.9 Å². The summed E-state index contributed by atoms with van der Waals surface area (Å²) in [6.07, 6.45) is 7.80. The Morgan fingerprint density at radius 2 is 2.07 bits per heavy atom. The molecule has 0 bridgehead atoms. The van der Waals surface area contributed by atoms with E-state index in [-0.39, 0.29) is 0 Å². The Hall–Kier alpha value is -0.830. The molecule has 1 aromatic heterocycles. The fourth-order valence-corrected chi connectivity index (χ4v) is 3.24. The normalized spacial score (nSPS) is 17.9. The molecular formula is C12H16O2S. The van der Waals surface area contributed by atoms with Crippen molar-refractivity contribution in [3.05, 3.63) is 21.9 Å². The van der Waals surface area contributed by atoms with Crippen LogP contribution in [-0.2, 0) is 6.42 Å². The van der Waals surface area contributed by atoms with Gasteiger partial charge in [0.05, 0.1) is 0 Å². The van der Waals surface area contributed by atoms with Crippen molar-refractivity contribution < 1.29 is 9.90 Å². The highest BCUT2D eigenvalue weighted by molar-refractivity contribution is 7.13. The molecule has 1 saturated carbocycles. The summed E-state index contributed by atoms with van der Waals surface area (Å²) in [5.74, 6) is -0.00561. The van der Waals surface area contributed by atoms with Crippen LogP contribution < -0.4 is 0 Å². The van der Waals surface area contributed by atoms with Crippen molar-refractivity contribution >= 4 is 17.3 Å². The van der Waals surface area contributed by atoms with Gasteiger partial charge in [-0.3, -0.25) is 0 Å². The van der Waals surface area contributed by atoms with E-state index in [2.05, 4.69) is 0 Å². The second-order valence-electron chi connectivity index (χ2n) is 4.28. The molecular weight excluding hydrogens is 208 g/mol. The molecule has 0 spiro atoms. The first-order valence-corrected chi connectivity index (χ1v) is 6.39. The molecule has 1 heterocycles. The highest BCUT2D eigenvalue weighted by Crippen LogP contribution is 2.29. The predicted octanol–water partition coefficient (Wildman–Crippen LogP) is 3.57. The van der Waals surface area contributed by atoms with Crippen LogP contribution in [-0.4, -0.2) is 11.1 Å². The molecule has 1 aromatic rings. The van der Waals surface area contributed by atoms with Gasteiger partial charge in [-0.1, -0.05) is 32.1 Å². The number of carboxylic acids is 1. The third-order valence-corrected chi connectivity index (χ3v) is 4.18. The first kappa shape index (κ1) is 10.7. The lowest BCUT2D eigenvalue weighted by Gasteiger charge is -2.20. The minimum atomic E-state index is -0.796. The zero-order valence-electron chi connectivity index (χ0n) is 8.74. The molecule has 0 amide bonds. The van der Waals surface area contributed by atoms with Gasteiger partial charge >= 0.3 is 5.97 Å². The quantitative estimate of drug-likeness (QED) is 0.852. The summed E-state index contributed by atoms with van der Waals surface area (Å²) < 4.78 is 0. The van der Waals surface area contributed by atoms with E-state index in [1.54, 1.807) is 6.07 Å². The number of carbonyl (C=O) groups is 1. The molecule has 15 heavy (non-hydrogen) atoms. The van der Waals surface area contributed by atoms with E-state index in [4.69, 9.17) is 5.11 Å². The van der Waals surface area contributed by atoms with Crippen LogP contribution in [0.4, 0.5) is 0 Å². The Morgan fingerprint density at radius 1 is 1.33 bits per heavy atom. The molecule has 1 N–H and O–H groups in total. The molecule has 0 atom stereocenters. The van der Waals surface area contributed by atoms with Crippen molar-refractivity contribution in [3.8, 4) is 0 Å². The van der Waals surface area contributed by atoms with Crippen molar-refractivity contribution in [1.29, 1.82) is 0 Å². The zero-order chi connectivity index (χ0) is 10.7. The third kappa shape index (κ3) is 2.81. The molecule has 0 saturated heterocycles. The van der Waals surface area contributed by atoms with Gasteiger partial charge in [-0.15, -0.1) is 11.3 Å². The number of aromatic carboxylic acids is 1. The van der Waals surface area contributed by atoms with Crippen molar-refractivity contribution in [2.45, 2.75) is 38.5 Å². The minimum Gasteiger partial charge on any atom is -0.477 e.